The van der Waals surface area contributed by atoms with Crippen LogP contribution in [0.15, 0.2) is 79.1 Å². The molecule has 0 saturated carbocycles. The number of pyridine rings is 1. The predicted molar refractivity (Wildman–Crippen MR) is 113 cm³/mol. The molecule has 0 aliphatic rings. The highest BCUT2D eigenvalue weighted by atomic mass is 35.5. The number of ether oxygens (including phenoxy) is 1. The Hall–Kier alpha value is -3.31. The molecule has 1 amide bonds. The number of halogens is 1. The molecule has 6 heteroatoms. The molecule has 5 nitrogen and oxygen atoms in total. The number of hydrogen-bond acceptors (Lipinski definition) is 3. The molecule has 0 unspecified atom stereocenters. The van der Waals surface area contributed by atoms with E-state index in [0.717, 1.165) is 16.9 Å². The average Bonchev–Trinajstić information content (AvgIpc) is 3.16. The van der Waals surface area contributed by atoms with E-state index in [1.807, 2.05) is 72.2 Å². The topological polar surface area (TPSA) is 55.6 Å². The van der Waals surface area contributed by atoms with Crippen molar-refractivity contribution in [2.75, 3.05) is 0 Å². The minimum absolute atomic E-state index is 0.185. The van der Waals surface area contributed by atoms with Crippen molar-refractivity contribution in [3.05, 3.63) is 101 Å². The SMILES string of the molecule is C[C@@H](NC(=O)c1cccc(OCc2cn3ccccc3n2)c1)c1ccccc1Cl. The van der Waals surface area contributed by atoms with Crippen molar-refractivity contribution in [1.82, 2.24) is 14.7 Å². The fraction of sp³-hybridized carbons (Fsp3) is 0.130. The van der Waals surface area contributed by atoms with Crippen LogP contribution in [0.1, 0.15) is 34.6 Å². The molecule has 0 radical (unpaired) electrons. The summed E-state index contributed by atoms with van der Waals surface area (Å²) in [5.74, 6) is 0.427. The molecule has 4 rings (SSSR count). The first-order valence-electron chi connectivity index (χ1n) is 9.31. The molecule has 0 aliphatic heterocycles. The predicted octanol–water partition coefficient (Wildman–Crippen LogP) is 5.06. The van der Waals surface area contributed by atoms with Crippen LogP contribution in [0.2, 0.25) is 5.02 Å². The van der Waals surface area contributed by atoms with Crippen LogP contribution in [0.4, 0.5) is 0 Å². The van der Waals surface area contributed by atoms with E-state index >= 15 is 0 Å². The lowest BCUT2D eigenvalue weighted by molar-refractivity contribution is 0.0939. The number of carbonyl (C=O) groups is 1. The number of rotatable bonds is 6. The molecule has 0 saturated heterocycles. The van der Waals surface area contributed by atoms with Crippen LogP contribution >= 0.6 is 11.6 Å². The summed E-state index contributed by atoms with van der Waals surface area (Å²) in [7, 11) is 0. The summed E-state index contributed by atoms with van der Waals surface area (Å²) >= 11 is 6.22. The van der Waals surface area contributed by atoms with E-state index in [1.165, 1.54) is 0 Å². The van der Waals surface area contributed by atoms with Gasteiger partial charge in [0.1, 0.15) is 18.0 Å². The van der Waals surface area contributed by atoms with Crippen molar-refractivity contribution in [3.63, 3.8) is 0 Å². The second-order valence-electron chi connectivity index (χ2n) is 6.73. The molecule has 146 valence electrons. The third kappa shape index (κ3) is 4.41. The molecular weight excluding hydrogens is 386 g/mol. The monoisotopic (exact) mass is 405 g/mol. The Morgan fingerprint density at radius 1 is 1.14 bits per heavy atom. The van der Waals surface area contributed by atoms with Gasteiger partial charge in [0, 0.05) is 23.0 Å². The maximum Gasteiger partial charge on any atom is 0.251 e. The molecule has 2 aromatic heterocycles. The van der Waals surface area contributed by atoms with Crippen molar-refractivity contribution in [2.24, 2.45) is 0 Å². The number of nitrogens with one attached hydrogen (secondary N) is 1. The van der Waals surface area contributed by atoms with Gasteiger partial charge in [0.05, 0.1) is 11.7 Å². The fourth-order valence-electron chi connectivity index (χ4n) is 3.13. The number of amides is 1. The standard InChI is InChI=1S/C23H20ClN3O2/c1-16(20-9-2-3-10-21(20)24)25-23(28)17-7-6-8-19(13-17)29-15-18-14-27-12-5-4-11-22(27)26-18/h2-14,16H,15H2,1H3,(H,25,28)/t16-/m1/s1. The molecule has 0 spiro atoms. The zero-order chi connectivity index (χ0) is 20.2. The van der Waals surface area contributed by atoms with E-state index in [1.54, 1.807) is 18.2 Å². The molecular formula is C23H20ClN3O2. The highest BCUT2D eigenvalue weighted by Crippen LogP contribution is 2.23. The second kappa shape index (κ2) is 8.37. The Kier molecular flexibility index (Phi) is 5.49. The van der Waals surface area contributed by atoms with E-state index in [0.29, 0.717) is 22.9 Å². The van der Waals surface area contributed by atoms with Crippen LogP contribution in [-0.4, -0.2) is 15.3 Å². The first-order valence-corrected chi connectivity index (χ1v) is 9.69. The Morgan fingerprint density at radius 3 is 2.79 bits per heavy atom. The Labute approximate surface area is 173 Å². The third-order valence-corrected chi connectivity index (χ3v) is 4.96. The van der Waals surface area contributed by atoms with Gasteiger partial charge in [-0.05, 0) is 48.9 Å². The van der Waals surface area contributed by atoms with Crippen molar-refractivity contribution < 1.29 is 9.53 Å². The summed E-state index contributed by atoms with van der Waals surface area (Å²) in [6, 6.07) is 20.2. The largest absolute Gasteiger partial charge is 0.487 e. The maximum atomic E-state index is 12.7. The van der Waals surface area contributed by atoms with Crippen LogP contribution in [0.3, 0.4) is 0 Å². The van der Waals surface area contributed by atoms with Crippen LogP contribution in [0.5, 0.6) is 5.75 Å². The summed E-state index contributed by atoms with van der Waals surface area (Å²) in [6.07, 6.45) is 3.87. The van der Waals surface area contributed by atoms with Gasteiger partial charge < -0.3 is 14.5 Å². The molecule has 1 N–H and O–H groups in total. The van der Waals surface area contributed by atoms with E-state index in [4.69, 9.17) is 16.3 Å². The van der Waals surface area contributed by atoms with Crippen molar-refractivity contribution in [3.8, 4) is 5.75 Å². The highest BCUT2D eigenvalue weighted by molar-refractivity contribution is 6.31. The zero-order valence-electron chi connectivity index (χ0n) is 15.9. The molecule has 1 atom stereocenters. The quantitative estimate of drug-likeness (QED) is 0.488. The molecule has 4 aromatic rings. The molecule has 0 bridgehead atoms. The summed E-state index contributed by atoms with van der Waals surface area (Å²) in [5, 5.41) is 3.61. The van der Waals surface area contributed by atoms with Gasteiger partial charge in [0.15, 0.2) is 0 Å². The molecule has 29 heavy (non-hydrogen) atoms. The van der Waals surface area contributed by atoms with Gasteiger partial charge in [0.2, 0.25) is 0 Å². The number of hydrogen-bond donors (Lipinski definition) is 1. The van der Waals surface area contributed by atoms with E-state index < -0.39 is 0 Å². The van der Waals surface area contributed by atoms with Gasteiger partial charge in [-0.15, -0.1) is 0 Å². The summed E-state index contributed by atoms with van der Waals surface area (Å²) in [6.45, 7) is 2.23. The van der Waals surface area contributed by atoms with Crippen LogP contribution in [-0.2, 0) is 6.61 Å². The van der Waals surface area contributed by atoms with Gasteiger partial charge in [-0.2, -0.15) is 0 Å². The number of fused-ring (bicyclic) bond motifs is 1. The molecule has 2 aromatic carbocycles. The minimum atomic E-state index is -0.209. The van der Waals surface area contributed by atoms with Gasteiger partial charge in [0.25, 0.3) is 5.91 Å². The van der Waals surface area contributed by atoms with Crippen molar-refractivity contribution in [1.29, 1.82) is 0 Å². The lowest BCUT2D eigenvalue weighted by atomic mass is 10.1. The summed E-state index contributed by atoms with van der Waals surface area (Å²) in [5.41, 5.74) is 3.09. The first kappa shape index (κ1) is 19.0. The number of imidazole rings is 1. The number of nitrogens with zero attached hydrogens (tertiary/aromatic N) is 2. The van der Waals surface area contributed by atoms with Crippen molar-refractivity contribution in [2.45, 2.75) is 19.6 Å². The van der Waals surface area contributed by atoms with Gasteiger partial charge in [-0.25, -0.2) is 4.98 Å². The molecule has 2 heterocycles. The van der Waals surface area contributed by atoms with Crippen molar-refractivity contribution >= 4 is 23.2 Å². The van der Waals surface area contributed by atoms with E-state index in [2.05, 4.69) is 10.3 Å². The van der Waals surface area contributed by atoms with Gasteiger partial charge in [-0.3, -0.25) is 4.79 Å². The lowest BCUT2D eigenvalue weighted by Crippen LogP contribution is -2.26. The Morgan fingerprint density at radius 2 is 1.97 bits per heavy atom. The van der Waals surface area contributed by atoms with Crippen LogP contribution < -0.4 is 10.1 Å². The maximum absolute atomic E-state index is 12.7. The average molecular weight is 406 g/mol. The van der Waals surface area contributed by atoms with E-state index in [-0.39, 0.29) is 11.9 Å². The van der Waals surface area contributed by atoms with Gasteiger partial charge >= 0.3 is 0 Å². The summed E-state index contributed by atoms with van der Waals surface area (Å²) < 4.78 is 7.79. The zero-order valence-corrected chi connectivity index (χ0v) is 16.6. The highest BCUT2D eigenvalue weighted by Gasteiger charge is 2.14. The normalized spacial score (nSPS) is 11.9. The van der Waals surface area contributed by atoms with E-state index in [9.17, 15) is 4.79 Å². The summed E-state index contributed by atoms with van der Waals surface area (Å²) in [4.78, 5) is 17.2. The molecule has 0 fully saturated rings. The number of aromatic nitrogens is 2. The Bertz CT molecular complexity index is 1120. The number of benzene rings is 2. The minimum Gasteiger partial charge on any atom is -0.487 e. The fourth-order valence-corrected chi connectivity index (χ4v) is 3.42. The Balaban J connectivity index is 1.42. The van der Waals surface area contributed by atoms with Crippen LogP contribution in [0.25, 0.3) is 5.65 Å². The van der Waals surface area contributed by atoms with Gasteiger partial charge in [-0.1, -0.05) is 41.9 Å². The third-order valence-electron chi connectivity index (χ3n) is 4.62. The first-order chi connectivity index (χ1) is 14.1. The van der Waals surface area contributed by atoms with Crippen LogP contribution in [0, 0.1) is 0 Å². The smallest absolute Gasteiger partial charge is 0.251 e. The second-order valence-corrected chi connectivity index (χ2v) is 7.14. The number of carbonyl (C=O) groups excluding carboxylic acids is 1. The lowest BCUT2D eigenvalue weighted by Gasteiger charge is -2.16. The molecule has 0 aliphatic carbocycles.